The van der Waals surface area contributed by atoms with Gasteiger partial charge < -0.3 is 4.74 Å². The lowest BCUT2D eigenvalue weighted by atomic mass is 9.90. The third-order valence-electron chi connectivity index (χ3n) is 4.83. The molecule has 1 aliphatic carbocycles. The summed E-state index contributed by atoms with van der Waals surface area (Å²) in [5.41, 5.74) is 6.22. The van der Waals surface area contributed by atoms with Crippen LogP contribution in [0.15, 0.2) is 77.8 Å². The minimum absolute atomic E-state index is 0.577. The second-order valence-corrected chi connectivity index (χ2v) is 6.73. The number of nitrogens with zero attached hydrogens (tertiary/aromatic N) is 1. The van der Waals surface area contributed by atoms with Gasteiger partial charge in [-0.2, -0.15) is 0 Å². The largest absolute Gasteiger partial charge is 0.489 e. The fourth-order valence-corrected chi connectivity index (χ4v) is 3.45. The van der Waals surface area contributed by atoms with Crippen molar-refractivity contribution in [1.29, 1.82) is 0 Å². The molecular weight excluding hydrogens is 318 g/mol. The van der Waals surface area contributed by atoms with Gasteiger partial charge in [-0.05, 0) is 66.1 Å². The van der Waals surface area contributed by atoms with Gasteiger partial charge in [0.25, 0.3) is 0 Å². The first-order chi connectivity index (χ1) is 12.9. The summed E-state index contributed by atoms with van der Waals surface area (Å²) in [6, 6.07) is 24.8. The Bertz CT molecular complexity index is 899. The van der Waals surface area contributed by atoms with Crippen molar-refractivity contribution in [2.75, 3.05) is 0 Å². The summed E-state index contributed by atoms with van der Waals surface area (Å²) < 4.78 is 5.91. The normalized spacial score (nSPS) is 13.5. The van der Waals surface area contributed by atoms with Crippen LogP contribution in [0.25, 0.3) is 0 Å². The maximum absolute atomic E-state index is 5.91. The summed E-state index contributed by atoms with van der Waals surface area (Å²) in [5, 5.41) is 0. The predicted octanol–water partition coefficient (Wildman–Crippen LogP) is 5.90. The second-order valence-electron chi connectivity index (χ2n) is 6.73. The van der Waals surface area contributed by atoms with Gasteiger partial charge in [0, 0.05) is 6.21 Å². The molecular formula is C24H23NO. The molecule has 0 unspecified atom stereocenters. The lowest BCUT2D eigenvalue weighted by Gasteiger charge is -2.17. The monoisotopic (exact) mass is 341 g/mol. The summed E-state index contributed by atoms with van der Waals surface area (Å²) in [6.07, 6.45) is 6.83. The molecule has 2 nitrogen and oxygen atoms in total. The molecule has 130 valence electrons. The molecule has 0 aliphatic heterocycles. The van der Waals surface area contributed by atoms with Gasteiger partial charge in [0.1, 0.15) is 12.4 Å². The molecule has 1 aliphatic rings. The van der Waals surface area contributed by atoms with Crippen molar-refractivity contribution in [1.82, 2.24) is 0 Å². The van der Waals surface area contributed by atoms with Crippen LogP contribution in [0, 0.1) is 0 Å². The van der Waals surface area contributed by atoms with Crippen LogP contribution in [-0.4, -0.2) is 6.21 Å². The Labute approximate surface area is 155 Å². The van der Waals surface area contributed by atoms with E-state index >= 15 is 0 Å². The summed E-state index contributed by atoms with van der Waals surface area (Å²) in [5.74, 6) is 0.868. The Morgan fingerprint density at radius 3 is 2.62 bits per heavy atom. The summed E-state index contributed by atoms with van der Waals surface area (Å²) in [6.45, 7) is 0.577. The highest BCUT2D eigenvalue weighted by Crippen LogP contribution is 2.29. The Kier molecular flexibility index (Phi) is 5.11. The van der Waals surface area contributed by atoms with Crippen LogP contribution < -0.4 is 4.74 Å². The number of rotatable bonds is 5. The minimum atomic E-state index is 0.577. The zero-order valence-electron chi connectivity index (χ0n) is 14.9. The molecule has 0 fully saturated rings. The molecule has 0 aromatic heterocycles. The van der Waals surface area contributed by atoms with E-state index in [1.54, 1.807) is 0 Å². The van der Waals surface area contributed by atoms with E-state index in [-0.39, 0.29) is 0 Å². The molecule has 0 bridgehead atoms. The highest BCUT2D eigenvalue weighted by atomic mass is 16.5. The van der Waals surface area contributed by atoms with E-state index in [0.29, 0.717) is 6.61 Å². The first kappa shape index (κ1) is 16.6. The maximum Gasteiger partial charge on any atom is 0.120 e. The zero-order chi connectivity index (χ0) is 17.6. The van der Waals surface area contributed by atoms with Gasteiger partial charge in [-0.3, -0.25) is 4.99 Å². The Hall–Kier alpha value is -2.87. The fraction of sp³-hybridized carbons (Fsp3) is 0.208. The first-order valence-electron chi connectivity index (χ1n) is 9.30. The van der Waals surface area contributed by atoms with Crippen LogP contribution in [0.2, 0.25) is 0 Å². The van der Waals surface area contributed by atoms with Crippen LogP contribution >= 0.6 is 0 Å². The molecule has 2 heteroatoms. The third kappa shape index (κ3) is 4.02. The molecule has 0 saturated carbocycles. The van der Waals surface area contributed by atoms with E-state index in [9.17, 15) is 0 Å². The highest BCUT2D eigenvalue weighted by molar-refractivity contribution is 5.83. The summed E-state index contributed by atoms with van der Waals surface area (Å²) >= 11 is 0. The molecule has 0 saturated heterocycles. The number of fused-ring (bicyclic) bond motifs is 1. The molecule has 0 amide bonds. The quantitative estimate of drug-likeness (QED) is 0.530. The number of aliphatic imine (C=N–C) groups is 1. The van der Waals surface area contributed by atoms with Crippen LogP contribution in [0.5, 0.6) is 5.75 Å². The molecule has 0 atom stereocenters. The number of hydrogen-bond donors (Lipinski definition) is 0. The molecule has 4 rings (SSSR count). The van der Waals surface area contributed by atoms with E-state index in [1.807, 2.05) is 42.6 Å². The number of benzene rings is 3. The third-order valence-corrected chi connectivity index (χ3v) is 4.83. The van der Waals surface area contributed by atoms with Gasteiger partial charge in [0.15, 0.2) is 0 Å². The topological polar surface area (TPSA) is 21.6 Å². The van der Waals surface area contributed by atoms with E-state index in [2.05, 4.69) is 36.4 Å². The summed E-state index contributed by atoms with van der Waals surface area (Å²) in [7, 11) is 0. The SMILES string of the molecule is C(=Nc1cccc2c1CCCC2)c1cccc(OCc2ccccc2)c1. The van der Waals surface area contributed by atoms with Crippen LogP contribution in [0.4, 0.5) is 5.69 Å². The van der Waals surface area contributed by atoms with E-state index in [4.69, 9.17) is 9.73 Å². The molecule has 3 aromatic carbocycles. The average Bonchev–Trinajstić information content (AvgIpc) is 2.72. The molecule has 3 aromatic rings. The van der Waals surface area contributed by atoms with Crippen molar-refractivity contribution in [2.24, 2.45) is 4.99 Å². The van der Waals surface area contributed by atoms with E-state index in [0.717, 1.165) is 23.4 Å². The van der Waals surface area contributed by atoms with Crippen molar-refractivity contribution in [3.8, 4) is 5.75 Å². The van der Waals surface area contributed by atoms with Gasteiger partial charge in [-0.15, -0.1) is 0 Å². The van der Waals surface area contributed by atoms with Gasteiger partial charge >= 0.3 is 0 Å². The van der Waals surface area contributed by atoms with Crippen molar-refractivity contribution in [3.05, 3.63) is 95.1 Å². The van der Waals surface area contributed by atoms with Crippen LogP contribution in [0.3, 0.4) is 0 Å². The molecule has 0 heterocycles. The van der Waals surface area contributed by atoms with Gasteiger partial charge in [-0.1, -0.05) is 54.6 Å². The average molecular weight is 341 g/mol. The van der Waals surface area contributed by atoms with Gasteiger partial charge in [0.05, 0.1) is 5.69 Å². The van der Waals surface area contributed by atoms with Crippen molar-refractivity contribution >= 4 is 11.9 Å². The van der Waals surface area contributed by atoms with E-state index in [1.165, 1.54) is 36.0 Å². The number of aryl methyl sites for hydroxylation is 1. The van der Waals surface area contributed by atoms with Crippen molar-refractivity contribution < 1.29 is 4.74 Å². The smallest absolute Gasteiger partial charge is 0.120 e. The molecule has 0 N–H and O–H groups in total. The van der Waals surface area contributed by atoms with Crippen molar-refractivity contribution in [2.45, 2.75) is 32.3 Å². The lowest BCUT2D eigenvalue weighted by molar-refractivity contribution is 0.306. The van der Waals surface area contributed by atoms with Crippen molar-refractivity contribution in [3.63, 3.8) is 0 Å². The predicted molar refractivity (Wildman–Crippen MR) is 108 cm³/mol. The number of hydrogen-bond acceptors (Lipinski definition) is 2. The van der Waals surface area contributed by atoms with Gasteiger partial charge in [-0.25, -0.2) is 0 Å². The molecule has 0 radical (unpaired) electrons. The second kappa shape index (κ2) is 8.01. The fourth-order valence-electron chi connectivity index (χ4n) is 3.45. The Balaban J connectivity index is 1.48. The zero-order valence-corrected chi connectivity index (χ0v) is 14.9. The van der Waals surface area contributed by atoms with Crippen LogP contribution in [0.1, 0.15) is 35.1 Å². The summed E-state index contributed by atoms with van der Waals surface area (Å²) in [4.78, 5) is 4.77. The number of ether oxygens (including phenoxy) is 1. The Morgan fingerprint density at radius 1 is 0.846 bits per heavy atom. The lowest BCUT2D eigenvalue weighted by Crippen LogP contribution is -2.02. The maximum atomic E-state index is 5.91. The Morgan fingerprint density at radius 2 is 1.69 bits per heavy atom. The highest BCUT2D eigenvalue weighted by Gasteiger charge is 2.11. The van der Waals surface area contributed by atoms with E-state index < -0.39 is 0 Å². The molecule has 0 spiro atoms. The minimum Gasteiger partial charge on any atom is -0.489 e. The van der Waals surface area contributed by atoms with Gasteiger partial charge in [0.2, 0.25) is 0 Å². The van der Waals surface area contributed by atoms with Crippen LogP contribution in [-0.2, 0) is 19.4 Å². The molecule has 26 heavy (non-hydrogen) atoms. The first-order valence-corrected chi connectivity index (χ1v) is 9.30. The standard InChI is InChI=1S/C24H23NO/c1-2-8-19(9-3-1)18-26-22-13-6-10-20(16-22)17-25-24-15-7-12-21-11-4-5-14-23(21)24/h1-3,6-10,12-13,15-17H,4-5,11,14,18H2.